The van der Waals surface area contributed by atoms with Gasteiger partial charge in [-0.1, -0.05) is 24.3 Å². The summed E-state index contributed by atoms with van der Waals surface area (Å²) in [5.74, 6) is -0.932. The molecule has 0 heterocycles. The maximum atomic E-state index is 12.6. The van der Waals surface area contributed by atoms with Crippen molar-refractivity contribution in [3.05, 3.63) is 35.4 Å². The smallest absolute Gasteiger partial charge is 0.317 e. The molecule has 0 saturated carbocycles. The average molecular weight is 318 g/mol. The number of carbonyl (C=O) groups excluding carboxylic acids is 1. The summed E-state index contributed by atoms with van der Waals surface area (Å²) in [5.41, 5.74) is 2.54. The molecule has 23 heavy (non-hydrogen) atoms. The summed E-state index contributed by atoms with van der Waals surface area (Å²) in [6, 6.07) is 8.38. The Morgan fingerprint density at radius 2 is 1.96 bits per heavy atom. The molecule has 126 valence electrons. The number of carboxylic acids is 1. The van der Waals surface area contributed by atoms with E-state index in [4.69, 9.17) is 5.11 Å². The van der Waals surface area contributed by atoms with Gasteiger partial charge in [0.25, 0.3) is 0 Å². The van der Waals surface area contributed by atoms with Crippen molar-refractivity contribution in [2.24, 2.45) is 0 Å². The molecule has 0 saturated heterocycles. The molecule has 0 radical (unpaired) electrons. The maximum Gasteiger partial charge on any atom is 0.317 e. The molecule has 1 aliphatic carbocycles. The fourth-order valence-electron chi connectivity index (χ4n) is 3.18. The van der Waals surface area contributed by atoms with Crippen molar-refractivity contribution in [3.63, 3.8) is 0 Å². The molecule has 0 aromatic heterocycles. The van der Waals surface area contributed by atoms with Gasteiger partial charge in [-0.05, 0) is 44.2 Å². The number of rotatable bonds is 6. The van der Waals surface area contributed by atoms with Crippen molar-refractivity contribution in [1.82, 2.24) is 9.80 Å². The predicted molar refractivity (Wildman–Crippen MR) is 89.2 cm³/mol. The highest BCUT2D eigenvalue weighted by Crippen LogP contribution is 2.33. The maximum absolute atomic E-state index is 12.6. The Balaban J connectivity index is 2.09. The van der Waals surface area contributed by atoms with Gasteiger partial charge in [-0.3, -0.25) is 14.5 Å². The number of benzene rings is 1. The van der Waals surface area contributed by atoms with Gasteiger partial charge in [-0.15, -0.1) is 0 Å². The molecule has 1 aromatic carbocycles. The number of carbonyl (C=O) groups is 2. The number of likely N-dealkylation sites (N-methyl/N-ethyl adjacent to an activating group) is 1. The first-order chi connectivity index (χ1) is 10.9. The van der Waals surface area contributed by atoms with Crippen molar-refractivity contribution < 1.29 is 14.7 Å². The molecule has 1 unspecified atom stereocenters. The van der Waals surface area contributed by atoms with E-state index in [1.807, 2.05) is 33.0 Å². The number of fused-ring (bicyclic) bond motifs is 1. The zero-order valence-corrected chi connectivity index (χ0v) is 14.2. The second-order valence-electron chi connectivity index (χ2n) is 6.50. The second-order valence-corrected chi connectivity index (χ2v) is 6.50. The first-order valence-electron chi connectivity index (χ1n) is 8.19. The number of hydrogen-bond acceptors (Lipinski definition) is 3. The Morgan fingerprint density at radius 3 is 2.61 bits per heavy atom. The average Bonchev–Trinajstić information content (AvgIpc) is 2.52. The Morgan fingerprint density at radius 1 is 1.26 bits per heavy atom. The third kappa shape index (κ3) is 4.32. The van der Waals surface area contributed by atoms with Gasteiger partial charge in [-0.25, -0.2) is 0 Å². The Bertz CT molecular complexity index is 571. The number of aryl methyl sites for hydroxylation is 1. The van der Waals surface area contributed by atoms with Crippen molar-refractivity contribution >= 4 is 11.9 Å². The van der Waals surface area contributed by atoms with Gasteiger partial charge in [0.15, 0.2) is 0 Å². The summed E-state index contributed by atoms with van der Waals surface area (Å²) in [6.07, 6.45) is 3.09. The molecule has 1 amide bonds. The lowest BCUT2D eigenvalue weighted by molar-refractivity contribution is -0.140. The number of aliphatic carboxylic acids is 1. The van der Waals surface area contributed by atoms with E-state index in [-0.39, 0.29) is 31.1 Å². The molecule has 1 N–H and O–H groups in total. The van der Waals surface area contributed by atoms with Gasteiger partial charge in [0.2, 0.25) is 5.91 Å². The minimum atomic E-state index is -0.905. The third-order valence-electron chi connectivity index (χ3n) is 4.61. The fraction of sp³-hybridized carbons (Fsp3) is 0.556. The lowest BCUT2D eigenvalue weighted by Gasteiger charge is -2.35. The molecule has 0 fully saturated rings. The SMILES string of the molecule is CC(C)N(CC(=O)O)CC(=O)N(C)C1CCCc2ccccc21. The molecule has 0 spiro atoms. The van der Waals surface area contributed by atoms with Crippen LogP contribution in [0, 0.1) is 0 Å². The molecule has 0 bridgehead atoms. The largest absolute Gasteiger partial charge is 0.480 e. The van der Waals surface area contributed by atoms with Gasteiger partial charge in [0, 0.05) is 13.1 Å². The topological polar surface area (TPSA) is 60.9 Å². The zero-order valence-electron chi connectivity index (χ0n) is 14.2. The van der Waals surface area contributed by atoms with E-state index in [9.17, 15) is 9.59 Å². The lowest BCUT2D eigenvalue weighted by Crippen LogP contribution is -2.45. The zero-order chi connectivity index (χ0) is 17.0. The first-order valence-corrected chi connectivity index (χ1v) is 8.19. The van der Waals surface area contributed by atoms with E-state index in [2.05, 4.69) is 12.1 Å². The van der Waals surface area contributed by atoms with Crippen LogP contribution in [-0.4, -0.2) is 53.0 Å². The third-order valence-corrected chi connectivity index (χ3v) is 4.61. The van der Waals surface area contributed by atoms with E-state index >= 15 is 0 Å². The molecule has 1 aliphatic rings. The van der Waals surface area contributed by atoms with Crippen LogP contribution >= 0.6 is 0 Å². The Hall–Kier alpha value is -1.88. The summed E-state index contributed by atoms with van der Waals surface area (Å²) >= 11 is 0. The van der Waals surface area contributed by atoms with Crippen LogP contribution in [0.5, 0.6) is 0 Å². The highest BCUT2D eigenvalue weighted by atomic mass is 16.4. The van der Waals surface area contributed by atoms with E-state index in [0.717, 1.165) is 19.3 Å². The van der Waals surface area contributed by atoms with Crippen molar-refractivity contribution in [1.29, 1.82) is 0 Å². The highest BCUT2D eigenvalue weighted by Gasteiger charge is 2.28. The normalized spacial score (nSPS) is 17.2. The van der Waals surface area contributed by atoms with Crippen LogP contribution in [0.15, 0.2) is 24.3 Å². The van der Waals surface area contributed by atoms with Gasteiger partial charge < -0.3 is 10.0 Å². The standard InChI is InChI=1S/C18H26N2O3/c1-13(2)20(12-18(22)23)11-17(21)19(3)16-10-6-8-14-7-4-5-9-15(14)16/h4-5,7,9,13,16H,6,8,10-12H2,1-3H3,(H,22,23). The van der Waals surface area contributed by atoms with Crippen LogP contribution in [-0.2, 0) is 16.0 Å². The van der Waals surface area contributed by atoms with E-state index in [1.165, 1.54) is 11.1 Å². The highest BCUT2D eigenvalue weighted by molar-refractivity contribution is 5.79. The predicted octanol–water partition coefficient (Wildman–Crippen LogP) is 2.32. The van der Waals surface area contributed by atoms with Gasteiger partial charge in [-0.2, -0.15) is 0 Å². The Kier molecular flexibility index (Phi) is 5.77. The summed E-state index contributed by atoms with van der Waals surface area (Å²) < 4.78 is 0. The molecule has 5 heteroatoms. The summed E-state index contributed by atoms with van der Waals surface area (Å²) in [6.45, 7) is 3.84. The monoisotopic (exact) mass is 318 g/mol. The first kappa shape index (κ1) is 17.5. The van der Waals surface area contributed by atoms with Crippen LogP contribution in [0.25, 0.3) is 0 Å². The van der Waals surface area contributed by atoms with Crippen LogP contribution in [0.3, 0.4) is 0 Å². The van der Waals surface area contributed by atoms with Crippen LogP contribution in [0.4, 0.5) is 0 Å². The van der Waals surface area contributed by atoms with Gasteiger partial charge in [0.05, 0.1) is 19.1 Å². The van der Waals surface area contributed by atoms with Gasteiger partial charge in [0.1, 0.15) is 0 Å². The molecule has 2 rings (SSSR count). The molecule has 1 atom stereocenters. The fourth-order valence-corrected chi connectivity index (χ4v) is 3.18. The van der Waals surface area contributed by atoms with E-state index in [1.54, 1.807) is 9.80 Å². The van der Waals surface area contributed by atoms with Crippen LogP contribution in [0.1, 0.15) is 43.9 Å². The summed E-state index contributed by atoms with van der Waals surface area (Å²) in [5, 5.41) is 9.00. The van der Waals surface area contributed by atoms with Crippen molar-refractivity contribution in [3.8, 4) is 0 Å². The summed E-state index contributed by atoms with van der Waals surface area (Å²) in [7, 11) is 1.83. The molecular weight excluding hydrogens is 292 g/mol. The van der Waals surface area contributed by atoms with Crippen LogP contribution in [0.2, 0.25) is 0 Å². The van der Waals surface area contributed by atoms with Crippen molar-refractivity contribution in [2.45, 2.75) is 45.2 Å². The van der Waals surface area contributed by atoms with Gasteiger partial charge >= 0.3 is 5.97 Å². The molecule has 0 aliphatic heterocycles. The number of amides is 1. The number of hydrogen-bond donors (Lipinski definition) is 1. The molecular formula is C18H26N2O3. The summed E-state index contributed by atoms with van der Waals surface area (Å²) in [4.78, 5) is 27.1. The number of carboxylic acid groups (broad SMARTS) is 1. The minimum absolute atomic E-state index is 0.0158. The Labute approximate surface area is 137 Å². The molecule has 1 aromatic rings. The minimum Gasteiger partial charge on any atom is -0.480 e. The van der Waals surface area contributed by atoms with E-state index < -0.39 is 5.97 Å². The molecule has 5 nitrogen and oxygen atoms in total. The second kappa shape index (κ2) is 7.59. The van der Waals surface area contributed by atoms with Crippen LogP contribution < -0.4 is 0 Å². The lowest BCUT2D eigenvalue weighted by atomic mass is 9.87. The quantitative estimate of drug-likeness (QED) is 0.874. The van der Waals surface area contributed by atoms with Crippen molar-refractivity contribution in [2.75, 3.05) is 20.1 Å². The van der Waals surface area contributed by atoms with E-state index in [0.29, 0.717) is 0 Å². The number of nitrogens with zero attached hydrogens (tertiary/aromatic N) is 2.